The van der Waals surface area contributed by atoms with E-state index in [4.69, 9.17) is 5.11 Å². The molecule has 0 aromatic heterocycles. The molecule has 2 N–H and O–H groups in total. The molecule has 8 heteroatoms. The Kier molecular flexibility index (Phi) is 5.71. The second kappa shape index (κ2) is 6.58. The summed E-state index contributed by atoms with van der Waals surface area (Å²) in [6, 6.07) is 0. The molecule has 0 spiro atoms. The van der Waals surface area contributed by atoms with E-state index in [1.165, 1.54) is 6.26 Å². The van der Waals surface area contributed by atoms with Crippen LogP contribution in [0.25, 0.3) is 0 Å². The second-order valence-electron chi connectivity index (χ2n) is 3.90. The van der Waals surface area contributed by atoms with E-state index in [2.05, 4.69) is 5.32 Å². The van der Waals surface area contributed by atoms with Gasteiger partial charge in [0.05, 0.1) is 13.2 Å². The van der Waals surface area contributed by atoms with Crippen molar-refractivity contribution in [3.05, 3.63) is 0 Å². The molecule has 0 aliphatic carbocycles. The molecule has 1 saturated heterocycles. The fraction of sp³-hybridized carbons (Fsp3) is 0.889. The standard InChI is InChI=1S/C9H18N2O4S2/c1-17(14,15)9-7-16-5-3-11(9)6-8(13)10-2-4-12/h9,12H,2-7H2,1H3,(H,10,13). The average Bonchev–Trinajstić information content (AvgIpc) is 2.25. The molecule has 1 heterocycles. The van der Waals surface area contributed by atoms with E-state index in [9.17, 15) is 13.2 Å². The van der Waals surface area contributed by atoms with E-state index < -0.39 is 15.2 Å². The number of nitrogens with one attached hydrogen (secondary N) is 1. The van der Waals surface area contributed by atoms with Crippen LogP contribution in [0.5, 0.6) is 0 Å². The number of nitrogens with zero attached hydrogens (tertiary/aromatic N) is 1. The van der Waals surface area contributed by atoms with Crippen molar-refractivity contribution in [1.29, 1.82) is 0 Å². The van der Waals surface area contributed by atoms with Gasteiger partial charge in [-0.25, -0.2) is 8.42 Å². The minimum Gasteiger partial charge on any atom is -0.395 e. The highest BCUT2D eigenvalue weighted by Gasteiger charge is 2.31. The van der Waals surface area contributed by atoms with Gasteiger partial charge in [-0.3, -0.25) is 9.69 Å². The molecule has 6 nitrogen and oxygen atoms in total. The Bertz CT molecular complexity index is 358. The van der Waals surface area contributed by atoms with Gasteiger partial charge in [-0.05, 0) is 0 Å². The number of aliphatic hydroxyl groups is 1. The minimum atomic E-state index is -3.17. The van der Waals surface area contributed by atoms with Gasteiger partial charge >= 0.3 is 0 Å². The van der Waals surface area contributed by atoms with Crippen LogP contribution in [0, 0.1) is 0 Å². The lowest BCUT2D eigenvalue weighted by molar-refractivity contribution is -0.122. The maximum Gasteiger partial charge on any atom is 0.234 e. The SMILES string of the molecule is CS(=O)(=O)C1CSCCN1CC(=O)NCCO. The van der Waals surface area contributed by atoms with Crippen molar-refractivity contribution >= 4 is 27.5 Å². The molecule has 1 unspecified atom stereocenters. The molecular formula is C9H18N2O4S2. The van der Waals surface area contributed by atoms with E-state index >= 15 is 0 Å². The summed E-state index contributed by atoms with van der Waals surface area (Å²) in [7, 11) is -3.17. The highest BCUT2D eigenvalue weighted by atomic mass is 32.2. The summed E-state index contributed by atoms with van der Waals surface area (Å²) in [6.07, 6.45) is 1.20. The molecule has 0 radical (unpaired) electrons. The van der Waals surface area contributed by atoms with Crippen molar-refractivity contribution in [2.45, 2.75) is 5.37 Å². The molecule has 17 heavy (non-hydrogen) atoms. The van der Waals surface area contributed by atoms with Crippen molar-refractivity contribution in [1.82, 2.24) is 10.2 Å². The number of rotatable bonds is 5. The normalized spacial score (nSPS) is 22.4. The first-order valence-corrected chi connectivity index (χ1v) is 8.44. The van der Waals surface area contributed by atoms with Crippen molar-refractivity contribution in [3.8, 4) is 0 Å². The lowest BCUT2D eigenvalue weighted by Crippen LogP contribution is -2.50. The molecular weight excluding hydrogens is 264 g/mol. The van der Waals surface area contributed by atoms with Crippen LogP contribution >= 0.6 is 11.8 Å². The van der Waals surface area contributed by atoms with Gasteiger partial charge in [-0.1, -0.05) is 0 Å². The maximum atomic E-state index is 11.6. The number of amides is 1. The first-order chi connectivity index (χ1) is 7.95. The minimum absolute atomic E-state index is 0.0678. The van der Waals surface area contributed by atoms with Gasteiger partial charge in [0.2, 0.25) is 5.91 Å². The molecule has 1 aliphatic heterocycles. The highest BCUT2D eigenvalue weighted by molar-refractivity contribution is 8.00. The zero-order valence-corrected chi connectivity index (χ0v) is 11.4. The van der Waals surface area contributed by atoms with E-state index in [1.54, 1.807) is 16.7 Å². The highest BCUT2D eigenvalue weighted by Crippen LogP contribution is 2.19. The van der Waals surface area contributed by atoms with E-state index in [0.29, 0.717) is 12.3 Å². The lowest BCUT2D eigenvalue weighted by atomic mass is 10.4. The summed E-state index contributed by atoms with van der Waals surface area (Å²) < 4.78 is 23.1. The summed E-state index contributed by atoms with van der Waals surface area (Å²) in [5, 5.41) is 10.5. The molecule has 0 saturated carbocycles. The van der Waals surface area contributed by atoms with Gasteiger partial charge in [0, 0.05) is 30.9 Å². The summed E-state index contributed by atoms with van der Waals surface area (Å²) in [4.78, 5) is 13.2. The Balaban J connectivity index is 2.57. The summed E-state index contributed by atoms with van der Waals surface area (Å²) in [5.41, 5.74) is 0. The van der Waals surface area contributed by atoms with Gasteiger partial charge in [-0.2, -0.15) is 11.8 Å². The molecule has 1 aliphatic rings. The van der Waals surface area contributed by atoms with Crippen molar-refractivity contribution in [2.75, 3.05) is 44.0 Å². The maximum absolute atomic E-state index is 11.6. The number of hydrogen-bond donors (Lipinski definition) is 2. The Morgan fingerprint density at radius 2 is 2.29 bits per heavy atom. The molecule has 1 fully saturated rings. The van der Waals surface area contributed by atoms with Gasteiger partial charge in [0.1, 0.15) is 5.37 Å². The van der Waals surface area contributed by atoms with Crippen LogP contribution in [-0.4, -0.2) is 73.7 Å². The molecule has 1 rings (SSSR count). The molecule has 0 aromatic carbocycles. The zero-order valence-electron chi connectivity index (χ0n) is 9.76. The second-order valence-corrected chi connectivity index (χ2v) is 7.26. The topological polar surface area (TPSA) is 86.7 Å². The molecule has 1 atom stereocenters. The molecule has 1 amide bonds. The Morgan fingerprint density at radius 1 is 1.59 bits per heavy atom. The lowest BCUT2D eigenvalue weighted by Gasteiger charge is -2.33. The monoisotopic (exact) mass is 282 g/mol. The van der Waals surface area contributed by atoms with Gasteiger partial charge < -0.3 is 10.4 Å². The summed E-state index contributed by atoms with van der Waals surface area (Å²) in [5.74, 6) is 1.09. The third-order valence-electron chi connectivity index (χ3n) is 2.47. The van der Waals surface area contributed by atoms with Crippen molar-refractivity contribution < 1.29 is 18.3 Å². The van der Waals surface area contributed by atoms with E-state index in [0.717, 1.165) is 5.75 Å². The van der Waals surface area contributed by atoms with Crippen LogP contribution in [0.15, 0.2) is 0 Å². The fourth-order valence-electron chi connectivity index (χ4n) is 1.63. The summed E-state index contributed by atoms with van der Waals surface area (Å²) in [6.45, 7) is 0.745. The Morgan fingerprint density at radius 3 is 2.88 bits per heavy atom. The third-order valence-corrected chi connectivity index (χ3v) is 5.15. The van der Waals surface area contributed by atoms with Gasteiger partial charge in [0.15, 0.2) is 9.84 Å². The van der Waals surface area contributed by atoms with Gasteiger partial charge in [0.25, 0.3) is 0 Å². The predicted molar refractivity (Wildman–Crippen MR) is 67.6 cm³/mol. The van der Waals surface area contributed by atoms with E-state index in [1.807, 2.05) is 0 Å². The number of thioether (sulfide) groups is 1. The zero-order chi connectivity index (χ0) is 12.9. The first kappa shape index (κ1) is 14.7. The largest absolute Gasteiger partial charge is 0.395 e. The number of carbonyl (C=O) groups excluding carboxylic acids is 1. The fourth-order valence-corrected chi connectivity index (χ4v) is 4.57. The van der Waals surface area contributed by atoms with Crippen LogP contribution in [0.3, 0.4) is 0 Å². The molecule has 0 aromatic rings. The first-order valence-electron chi connectivity index (χ1n) is 5.33. The number of aliphatic hydroxyl groups excluding tert-OH is 1. The smallest absolute Gasteiger partial charge is 0.234 e. The number of sulfone groups is 1. The molecule has 100 valence electrons. The van der Waals surface area contributed by atoms with Crippen LogP contribution in [0.2, 0.25) is 0 Å². The van der Waals surface area contributed by atoms with Crippen LogP contribution in [-0.2, 0) is 14.6 Å². The predicted octanol–water partition coefficient (Wildman–Crippen LogP) is -1.49. The Labute approximate surface area is 106 Å². The van der Waals surface area contributed by atoms with Crippen LogP contribution in [0.1, 0.15) is 0 Å². The Hall–Kier alpha value is -0.310. The number of hydrogen-bond acceptors (Lipinski definition) is 6. The van der Waals surface area contributed by atoms with Crippen LogP contribution < -0.4 is 5.32 Å². The van der Waals surface area contributed by atoms with Crippen molar-refractivity contribution in [3.63, 3.8) is 0 Å². The van der Waals surface area contributed by atoms with Crippen molar-refractivity contribution in [2.24, 2.45) is 0 Å². The third kappa shape index (κ3) is 4.82. The average molecular weight is 282 g/mol. The van der Waals surface area contributed by atoms with Crippen LogP contribution in [0.4, 0.5) is 0 Å². The van der Waals surface area contributed by atoms with Gasteiger partial charge in [-0.15, -0.1) is 0 Å². The number of carbonyl (C=O) groups is 1. The quantitative estimate of drug-likeness (QED) is 0.639. The summed E-state index contributed by atoms with van der Waals surface area (Å²) >= 11 is 1.59. The molecule has 0 bridgehead atoms. The van der Waals surface area contributed by atoms with E-state index in [-0.39, 0.29) is 25.6 Å².